The molecule has 1 aliphatic rings. The fourth-order valence-corrected chi connectivity index (χ4v) is 4.88. The van der Waals surface area contributed by atoms with Gasteiger partial charge in [-0.2, -0.15) is 5.10 Å². The quantitative estimate of drug-likeness (QED) is 0.518. The number of carbonyl (C=O) groups excluding carboxylic acids is 1. The van der Waals surface area contributed by atoms with Crippen LogP contribution in [0.15, 0.2) is 40.5 Å². The minimum Gasteiger partial charge on any atom is -0.497 e. The Bertz CT molecular complexity index is 1130. The van der Waals surface area contributed by atoms with Crippen molar-refractivity contribution in [2.24, 2.45) is 11.0 Å². The highest BCUT2D eigenvalue weighted by molar-refractivity contribution is 7.18. The summed E-state index contributed by atoms with van der Waals surface area (Å²) in [4.78, 5) is 31.6. The van der Waals surface area contributed by atoms with E-state index >= 15 is 0 Å². The summed E-state index contributed by atoms with van der Waals surface area (Å²) in [5.74, 6) is 1.00. The summed E-state index contributed by atoms with van der Waals surface area (Å²) in [5, 5.41) is 4.63. The Kier molecular flexibility index (Phi) is 5.44. The van der Waals surface area contributed by atoms with E-state index in [0.29, 0.717) is 11.3 Å². The molecule has 1 unspecified atom stereocenters. The Morgan fingerprint density at radius 3 is 2.97 bits per heavy atom. The first kappa shape index (κ1) is 19.3. The van der Waals surface area contributed by atoms with Crippen LogP contribution in [0, 0.1) is 5.92 Å². The number of thiophene rings is 1. The minimum atomic E-state index is -0.379. The smallest absolute Gasteiger partial charge is 0.262 e. The van der Waals surface area contributed by atoms with E-state index in [9.17, 15) is 9.59 Å². The monoisotopic (exact) mass is 410 g/mol. The van der Waals surface area contributed by atoms with Gasteiger partial charge in [-0.1, -0.05) is 6.92 Å². The Balaban J connectivity index is 1.47. The van der Waals surface area contributed by atoms with Crippen LogP contribution in [0.5, 0.6) is 5.75 Å². The number of hydrazone groups is 1. The standard InChI is InChI=1S/C21H22N4O3S/c1-13-3-8-16-17(9-13)29-20-19(16)21(27)25(12-22-20)11-18(26)24-23-10-14-4-6-15(28-2)7-5-14/h4-7,10,12-13H,3,8-9,11H2,1-2H3,(H,24,26). The number of hydrogen-bond donors (Lipinski definition) is 1. The maximum Gasteiger partial charge on any atom is 0.262 e. The molecule has 1 aliphatic carbocycles. The van der Waals surface area contributed by atoms with Gasteiger partial charge in [0.2, 0.25) is 0 Å². The molecule has 7 nitrogen and oxygen atoms in total. The molecule has 1 amide bonds. The normalized spacial score (nSPS) is 16.1. The van der Waals surface area contributed by atoms with Gasteiger partial charge in [0.1, 0.15) is 17.1 Å². The van der Waals surface area contributed by atoms with Crippen LogP contribution in [0.25, 0.3) is 10.2 Å². The maximum absolute atomic E-state index is 12.9. The second-order valence-electron chi connectivity index (χ2n) is 7.28. The average Bonchev–Trinajstić information content (AvgIpc) is 3.09. The number of carbonyl (C=O) groups is 1. The molecule has 0 radical (unpaired) electrons. The van der Waals surface area contributed by atoms with E-state index in [1.165, 1.54) is 22.0 Å². The third kappa shape index (κ3) is 4.07. The Morgan fingerprint density at radius 2 is 2.21 bits per heavy atom. The highest BCUT2D eigenvalue weighted by Gasteiger charge is 2.23. The Hall–Kier alpha value is -3.00. The van der Waals surface area contributed by atoms with Crippen LogP contribution in [0.4, 0.5) is 0 Å². The number of methoxy groups -OCH3 is 1. The molecule has 0 fully saturated rings. The van der Waals surface area contributed by atoms with Crippen molar-refractivity contribution in [1.29, 1.82) is 0 Å². The molecule has 0 saturated carbocycles. The molecule has 0 saturated heterocycles. The lowest BCUT2D eigenvalue weighted by molar-refractivity contribution is -0.121. The summed E-state index contributed by atoms with van der Waals surface area (Å²) in [7, 11) is 1.60. The zero-order chi connectivity index (χ0) is 20.4. The van der Waals surface area contributed by atoms with Crippen LogP contribution in [0.1, 0.15) is 29.3 Å². The molecule has 2 aromatic heterocycles. The van der Waals surface area contributed by atoms with Gasteiger partial charge in [-0.15, -0.1) is 11.3 Å². The first-order valence-corrected chi connectivity index (χ1v) is 10.3. The molecule has 0 aliphatic heterocycles. The summed E-state index contributed by atoms with van der Waals surface area (Å²) in [6, 6.07) is 7.28. The second kappa shape index (κ2) is 8.16. The van der Waals surface area contributed by atoms with Crippen molar-refractivity contribution in [3.63, 3.8) is 0 Å². The highest BCUT2D eigenvalue weighted by atomic mass is 32.1. The van der Waals surface area contributed by atoms with Crippen molar-refractivity contribution in [1.82, 2.24) is 15.0 Å². The predicted octanol–water partition coefficient (Wildman–Crippen LogP) is 2.74. The van der Waals surface area contributed by atoms with E-state index in [1.54, 1.807) is 18.4 Å². The zero-order valence-corrected chi connectivity index (χ0v) is 17.2. The molecule has 0 spiro atoms. The minimum absolute atomic E-state index is 0.122. The van der Waals surface area contributed by atoms with E-state index in [0.717, 1.165) is 41.0 Å². The Labute approximate surface area is 172 Å². The summed E-state index contributed by atoms with van der Waals surface area (Å²) in [6.45, 7) is 2.11. The Morgan fingerprint density at radius 1 is 1.41 bits per heavy atom. The number of benzene rings is 1. The summed E-state index contributed by atoms with van der Waals surface area (Å²) in [6.07, 6.45) is 5.96. The fourth-order valence-electron chi connectivity index (χ4n) is 3.54. The number of nitrogens with one attached hydrogen (secondary N) is 1. The molecule has 4 rings (SSSR count). The van der Waals surface area contributed by atoms with Gasteiger partial charge in [0.05, 0.1) is 25.0 Å². The predicted molar refractivity (Wildman–Crippen MR) is 114 cm³/mol. The topological polar surface area (TPSA) is 85.6 Å². The molecular weight excluding hydrogens is 388 g/mol. The van der Waals surface area contributed by atoms with Gasteiger partial charge in [-0.05, 0) is 60.6 Å². The van der Waals surface area contributed by atoms with Crippen LogP contribution in [0.3, 0.4) is 0 Å². The molecule has 2 heterocycles. The third-order valence-corrected chi connectivity index (χ3v) is 6.28. The van der Waals surface area contributed by atoms with E-state index in [-0.39, 0.29) is 18.0 Å². The maximum atomic E-state index is 12.9. The van der Waals surface area contributed by atoms with Crippen molar-refractivity contribution in [3.05, 3.63) is 57.0 Å². The first-order valence-electron chi connectivity index (χ1n) is 9.51. The molecule has 3 aromatic rings. The number of hydrogen-bond acceptors (Lipinski definition) is 6. The number of nitrogens with zero attached hydrogens (tertiary/aromatic N) is 3. The van der Waals surface area contributed by atoms with Gasteiger partial charge in [0.15, 0.2) is 0 Å². The molecule has 1 aromatic carbocycles. The van der Waals surface area contributed by atoms with Crippen LogP contribution in [-0.4, -0.2) is 28.8 Å². The van der Waals surface area contributed by atoms with Gasteiger partial charge in [-0.25, -0.2) is 10.4 Å². The summed E-state index contributed by atoms with van der Waals surface area (Å²) < 4.78 is 6.45. The highest BCUT2D eigenvalue weighted by Crippen LogP contribution is 2.35. The average molecular weight is 410 g/mol. The third-order valence-electron chi connectivity index (χ3n) is 5.11. The van der Waals surface area contributed by atoms with Crippen LogP contribution >= 0.6 is 11.3 Å². The van der Waals surface area contributed by atoms with Gasteiger partial charge in [0.25, 0.3) is 11.5 Å². The van der Waals surface area contributed by atoms with E-state index in [2.05, 4.69) is 22.4 Å². The molecule has 0 bridgehead atoms. The molecule has 29 heavy (non-hydrogen) atoms. The van der Waals surface area contributed by atoms with Crippen LogP contribution in [0.2, 0.25) is 0 Å². The number of rotatable bonds is 5. The van der Waals surface area contributed by atoms with Crippen molar-refractivity contribution < 1.29 is 9.53 Å². The van der Waals surface area contributed by atoms with Crippen molar-refractivity contribution in [2.75, 3.05) is 7.11 Å². The number of aryl methyl sites for hydroxylation is 1. The number of aromatic nitrogens is 2. The largest absolute Gasteiger partial charge is 0.497 e. The van der Waals surface area contributed by atoms with E-state index in [4.69, 9.17) is 4.74 Å². The van der Waals surface area contributed by atoms with Crippen molar-refractivity contribution in [3.8, 4) is 5.75 Å². The molecule has 8 heteroatoms. The van der Waals surface area contributed by atoms with Gasteiger partial charge < -0.3 is 4.74 Å². The van der Waals surface area contributed by atoms with Gasteiger partial charge >= 0.3 is 0 Å². The number of amides is 1. The van der Waals surface area contributed by atoms with E-state index in [1.807, 2.05) is 24.3 Å². The molecular formula is C21H22N4O3S. The van der Waals surface area contributed by atoms with E-state index < -0.39 is 0 Å². The molecule has 150 valence electrons. The molecule has 1 N–H and O–H groups in total. The van der Waals surface area contributed by atoms with Crippen molar-refractivity contribution in [2.45, 2.75) is 32.7 Å². The second-order valence-corrected chi connectivity index (χ2v) is 8.36. The zero-order valence-electron chi connectivity index (χ0n) is 16.3. The molecule has 1 atom stereocenters. The summed E-state index contributed by atoms with van der Waals surface area (Å²) >= 11 is 1.60. The fraction of sp³-hybridized carbons (Fsp3) is 0.333. The van der Waals surface area contributed by atoms with Gasteiger partial charge in [-0.3, -0.25) is 14.2 Å². The van der Waals surface area contributed by atoms with Gasteiger partial charge in [0, 0.05) is 4.88 Å². The van der Waals surface area contributed by atoms with Crippen LogP contribution in [-0.2, 0) is 24.2 Å². The number of ether oxygens (including phenoxy) is 1. The summed E-state index contributed by atoms with van der Waals surface area (Å²) in [5.41, 5.74) is 4.25. The number of fused-ring (bicyclic) bond motifs is 3. The lowest BCUT2D eigenvalue weighted by Gasteiger charge is -2.17. The lowest BCUT2D eigenvalue weighted by Crippen LogP contribution is -2.30. The first-order chi connectivity index (χ1) is 14.0. The SMILES string of the molecule is COc1ccc(C=NNC(=O)Cn2cnc3sc4c(c3c2=O)CCC(C)C4)cc1. The van der Waals surface area contributed by atoms with Crippen LogP contribution < -0.4 is 15.7 Å². The lowest BCUT2D eigenvalue weighted by atomic mass is 9.89. The van der Waals surface area contributed by atoms with Crippen molar-refractivity contribution >= 4 is 33.7 Å².